The van der Waals surface area contributed by atoms with Crippen molar-refractivity contribution in [3.05, 3.63) is 0 Å². The number of amides is 1. The van der Waals surface area contributed by atoms with E-state index < -0.39 is 0 Å². The molecule has 4 nitrogen and oxygen atoms in total. The fourth-order valence-corrected chi connectivity index (χ4v) is 3.76. The van der Waals surface area contributed by atoms with Crippen molar-refractivity contribution < 1.29 is 9.53 Å². The molecule has 0 aromatic rings. The van der Waals surface area contributed by atoms with Crippen LogP contribution in [0.4, 0.5) is 0 Å². The van der Waals surface area contributed by atoms with E-state index in [1.165, 1.54) is 25.7 Å². The highest BCUT2D eigenvalue weighted by atomic mass is 16.5. The Balaban J connectivity index is 1.71. The highest BCUT2D eigenvalue weighted by molar-refractivity contribution is 5.91. The Labute approximate surface area is 115 Å². The van der Waals surface area contributed by atoms with Gasteiger partial charge in [-0.1, -0.05) is 12.8 Å². The van der Waals surface area contributed by atoms with Gasteiger partial charge in [0.1, 0.15) is 0 Å². The van der Waals surface area contributed by atoms with Crippen molar-refractivity contribution in [3.8, 4) is 0 Å². The molecule has 1 saturated heterocycles. The Hall–Kier alpha value is -0.610. The second-order valence-electron chi connectivity index (χ2n) is 6.44. The number of hydrogen-bond acceptors (Lipinski definition) is 3. The predicted octanol–water partition coefficient (Wildman–Crippen LogP) is 1.89. The molecule has 108 valence electrons. The summed E-state index contributed by atoms with van der Waals surface area (Å²) in [5.41, 5.74) is -0.181. The van der Waals surface area contributed by atoms with Gasteiger partial charge in [-0.25, -0.2) is 0 Å². The van der Waals surface area contributed by atoms with E-state index in [1.54, 1.807) is 0 Å². The third kappa shape index (κ3) is 2.40. The summed E-state index contributed by atoms with van der Waals surface area (Å²) in [5, 5.41) is 3.65. The third-order valence-corrected chi connectivity index (χ3v) is 4.93. The van der Waals surface area contributed by atoms with Gasteiger partial charge in [-0.05, 0) is 45.4 Å². The van der Waals surface area contributed by atoms with Gasteiger partial charge in [0.2, 0.25) is 5.91 Å². The second kappa shape index (κ2) is 5.06. The Morgan fingerprint density at radius 1 is 1.42 bits per heavy atom. The Morgan fingerprint density at radius 2 is 2.11 bits per heavy atom. The van der Waals surface area contributed by atoms with E-state index in [9.17, 15) is 4.79 Å². The van der Waals surface area contributed by atoms with Crippen molar-refractivity contribution in [1.82, 2.24) is 10.2 Å². The molecule has 2 saturated carbocycles. The van der Waals surface area contributed by atoms with Crippen molar-refractivity contribution in [2.45, 2.75) is 70.2 Å². The molecule has 3 rings (SSSR count). The number of nitrogens with zero attached hydrogens (tertiary/aromatic N) is 1. The lowest BCUT2D eigenvalue weighted by Gasteiger charge is -2.30. The average Bonchev–Trinajstić information content (AvgIpc) is 2.86. The van der Waals surface area contributed by atoms with Crippen molar-refractivity contribution in [2.24, 2.45) is 5.92 Å². The zero-order chi connectivity index (χ0) is 13.5. The number of carbonyl (C=O) groups excluding carboxylic acids is 1. The van der Waals surface area contributed by atoms with Crippen LogP contribution in [0.5, 0.6) is 0 Å². The zero-order valence-corrected chi connectivity index (χ0v) is 12.2. The van der Waals surface area contributed by atoms with Gasteiger partial charge in [0, 0.05) is 13.2 Å². The molecular weight excluding hydrogens is 240 g/mol. The second-order valence-corrected chi connectivity index (χ2v) is 6.44. The Bertz CT molecular complexity index is 348. The quantitative estimate of drug-likeness (QED) is 0.826. The first kappa shape index (κ1) is 13.4. The molecule has 4 heteroatoms. The summed E-state index contributed by atoms with van der Waals surface area (Å²) in [6, 6.07) is 0. The number of carbonyl (C=O) groups is 1. The van der Waals surface area contributed by atoms with Gasteiger partial charge >= 0.3 is 0 Å². The van der Waals surface area contributed by atoms with E-state index in [0.717, 1.165) is 26.0 Å². The first-order valence-corrected chi connectivity index (χ1v) is 7.86. The van der Waals surface area contributed by atoms with Crippen LogP contribution in [0.2, 0.25) is 0 Å². The Morgan fingerprint density at radius 3 is 2.68 bits per heavy atom. The standard InChI is InChI=1S/C15H26N2O2/c1-3-19-11(2)10-17-13(12-6-4-5-7-12)16-15(8-9-15)14(17)18/h11-13,16H,3-10H2,1-2H3. The van der Waals surface area contributed by atoms with Crippen LogP contribution in [0.3, 0.4) is 0 Å². The minimum absolute atomic E-state index is 0.133. The van der Waals surface area contributed by atoms with E-state index in [-0.39, 0.29) is 17.8 Å². The molecule has 2 unspecified atom stereocenters. The maximum Gasteiger partial charge on any atom is 0.244 e. The SMILES string of the molecule is CCOC(C)CN1C(=O)C2(CC2)NC1C1CCCC1. The fraction of sp³-hybridized carbons (Fsp3) is 0.933. The molecule has 0 aromatic carbocycles. The highest BCUT2D eigenvalue weighted by Gasteiger charge is 2.60. The molecule has 1 aliphatic heterocycles. The molecule has 0 bridgehead atoms. The molecule has 3 fully saturated rings. The summed E-state index contributed by atoms with van der Waals surface area (Å²) in [6.07, 6.45) is 7.61. The van der Waals surface area contributed by atoms with Gasteiger partial charge < -0.3 is 9.64 Å². The number of rotatable bonds is 5. The Kier molecular flexibility index (Phi) is 3.56. The molecule has 0 radical (unpaired) electrons. The van der Waals surface area contributed by atoms with Crippen molar-refractivity contribution in [2.75, 3.05) is 13.2 Å². The van der Waals surface area contributed by atoms with E-state index in [4.69, 9.17) is 4.74 Å². The van der Waals surface area contributed by atoms with Crippen LogP contribution in [0.15, 0.2) is 0 Å². The molecule has 1 heterocycles. The van der Waals surface area contributed by atoms with Crippen LogP contribution >= 0.6 is 0 Å². The molecule has 1 N–H and O–H groups in total. The summed E-state index contributed by atoms with van der Waals surface area (Å²) < 4.78 is 5.63. The van der Waals surface area contributed by atoms with Crippen LogP contribution in [0.25, 0.3) is 0 Å². The average molecular weight is 266 g/mol. The van der Waals surface area contributed by atoms with Gasteiger partial charge in [-0.15, -0.1) is 0 Å². The minimum atomic E-state index is -0.181. The minimum Gasteiger partial charge on any atom is -0.377 e. The van der Waals surface area contributed by atoms with Crippen LogP contribution in [0.1, 0.15) is 52.4 Å². The van der Waals surface area contributed by atoms with Gasteiger partial charge in [0.15, 0.2) is 0 Å². The van der Waals surface area contributed by atoms with Gasteiger partial charge in [-0.2, -0.15) is 0 Å². The largest absolute Gasteiger partial charge is 0.377 e. The first-order chi connectivity index (χ1) is 9.16. The monoisotopic (exact) mass is 266 g/mol. The maximum atomic E-state index is 12.6. The van der Waals surface area contributed by atoms with Crippen LogP contribution in [-0.2, 0) is 9.53 Å². The molecule has 0 aromatic heterocycles. The van der Waals surface area contributed by atoms with Crippen LogP contribution in [0, 0.1) is 5.92 Å². The van der Waals surface area contributed by atoms with Crippen molar-refractivity contribution in [3.63, 3.8) is 0 Å². The van der Waals surface area contributed by atoms with Gasteiger partial charge in [0.05, 0.1) is 17.8 Å². The molecule has 1 spiro atoms. The summed E-state index contributed by atoms with van der Waals surface area (Å²) in [5.74, 6) is 0.980. The molecule has 1 amide bonds. The summed E-state index contributed by atoms with van der Waals surface area (Å²) in [6.45, 7) is 5.54. The van der Waals surface area contributed by atoms with Crippen LogP contribution in [-0.4, -0.2) is 41.8 Å². The maximum absolute atomic E-state index is 12.6. The first-order valence-electron chi connectivity index (χ1n) is 7.86. The fourth-order valence-electron chi connectivity index (χ4n) is 3.76. The third-order valence-electron chi connectivity index (χ3n) is 4.93. The molecular formula is C15H26N2O2. The molecule has 2 atom stereocenters. The normalized spacial score (nSPS) is 31.4. The number of nitrogens with one attached hydrogen (secondary N) is 1. The lowest BCUT2D eigenvalue weighted by atomic mass is 10.0. The van der Waals surface area contributed by atoms with E-state index in [0.29, 0.717) is 11.8 Å². The van der Waals surface area contributed by atoms with Crippen LogP contribution < -0.4 is 5.32 Å². The smallest absolute Gasteiger partial charge is 0.244 e. The summed E-state index contributed by atoms with van der Waals surface area (Å²) in [7, 11) is 0. The topological polar surface area (TPSA) is 41.6 Å². The van der Waals surface area contributed by atoms with Crippen molar-refractivity contribution >= 4 is 5.91 Å². The summed E-state index contributed by atoms with van der Waals surface area (Å²) in [4.78, 5) is 14.7. The zero-order valence-electron chi connectivity index (χ0n) is 12.2. The molecule has 19 heavy (non-hydrogen) atoms. The number of hydrogen-bond donors (Lipinski definition) is 1. The highest BCUT2D eigenvalue weighted by Crippen LogP contribution is 2.45. The summed E-state index contributed by atoms with van der Waals surface area (Å²) >= 11 is 0. The molecule has 2 aliphatic carbocycles. The van der Waals surface area contributed by atoms with Gasteiger partial charge in [-0.3, -0.25) is 10.1 Å². The lowest BCUT2D eigenvalue weighted by Crippen LogP contribution is -2.45. The van der Waals surface area contributed by atoms with Crippen molar-refractivity contribution in [1.29, 1.82) is 0 Å². The van der Waals surface area contributed by atoms with E-state index in [1.807, 2.05) is 6.92 Å². The van der Waals surface area contributed by atoms with Gasteiger partial charge in [0.25, 0.3) is 0 Å². The lowest BCUT2D eigenvalue weighted by molar-refractivity contribution is -0.133. The molecule has 3 aliphatic rings. The predicted molar refractivity (Wildman–Crippen MR) is 73.6 cm³/mol. The number of ether oxygens (including phenoxy) is 1. The van der Waals surface area contributed by atoms with E-state index in [2.05, 4.69) is 17.1 Å². The van der Waals surface area contributed by atoms with E-state index >= 15 is 0 Å².